The lowest BCUT2D eigenvalue weighted by Gasteiger charge is -2.31. The molecule has 2 heterocycles. The first-order valence-corrected chi connectivity index (χ1v) is 9.63. The van der Waals surface area contributed by atoms with Crippen LogP contribution in [0, 0.1) is 5.92 Å². The molecule has 0 radical (unpaired) electrons. The number of anilines is 2. The molecule has 1 aliphatic rings. The summed E-state index contributed by atoms with van der Waals surface area (Å²) in [5, 5.41) is 3.20. The Morgan fingerprint density at radius 2 is 2.04 bits per heavy atom. The summed E-state index contributed by atoms with van der Waals surface area (Å²) in [6, 6.07) is 0. The van der Waals surface area contributed by atoms with Gasteiger partial charge in [-0.3, -0.25) is 4.79 Å². The Morgan fingerprint density at radius 1 is 1.27 bits per heavy atom. The zero-order chi connectivity index (χ0) is 18.8. The number of Topliss-reactive ketones (excluding diaryl/α,β-unsaturated/α-hetero) is 1. The van der Waals surface area contributed by atoms with Crippen LogP contribution in [0.5, 0.6) is 0 Å². The summed E-state index contributed by atoms with van der Waals surface area (Å²) in [6.07, 6.45) is 6.24. The number of ether oxygens (including phenoxy) is 2. The normalized spacial score (nSPS) is 15.5. The highest BCUT2D eigenvalue weighted by Gasteiger charge is 2.24. The van der Waals surface area contributed by atoms with Gasteiger partial charge in [0.1, 0.15) is 17.4 Å². The van der Waals surface area contributed by atoms with Crippen molar-refractivity contribution in [1.29, 1.82) is 0 Å². The number of carbonyl (C=O) groups excluding carboxylic acids is 1. The van der Waals surface area contributed by atoms with Crippen LogP contribution in [0.15, 0.2) is 12.4 Å². The first kappa shape index (κ1) is 20.6. The van der Waals surface area contributed by atoms with E-state index >= 15 is 0 Å². The summed E-state index contributed by atoms with van der Waals surface area (Å²) >= 11 is 0. The van der Waals surface area contributed by atoms with E-state index in [1.165, 1.54) is 0 Å². The van der Waals surface area contributed by atoms with Crippen molar-refractivity contribution in [1.82, 2.24) is 9.97 Å². The van der Waals surface area contributed by atoms with Crippen molar-refractivity contribution >= 4 is 17.4 Å². The van der Waals surface area contributed by atoms with Gasteiger partial charge in [0.25, 0.3) is 0 Å². The molecule has 148 valence electrons. The van der Waals surface area contributed by atoms with Crippen molar-refractivity contribution in [3.63, 3.8) is 0 Å². The predicted octanol–water partition coefficient (Wildman–Crippen LogP) is 2.77. The van der Waals surface area contributed by atoms with E-state index in [4.69, 9.17) is 9.47 Å². The van der Waals surface area contributed by atoms with Gasteiger partial charge >= 0.3 is 0 Å². The Bertz CT molecular complexity index is 534. The second kappa shape index (κ2) is 11.1. The number of aromatic nitrogens is 2. The summed E-state index contributed by atoms with van der Waals surface area (Å²) in [5.41, 5.74) is 0. The van der Waals surface area contributed by atoms with Gasteiger partial charge in [0.15, 0.2) is 0 Å². The number of nitrogens with one attached hydrogen (secondary N) is 1. The Kier molecular flexibility index (Phi) is 8.77. The van der Waals surface area contributed by atoms with Gasteiger partial charge in [-0.25, -0.2) is 9.97 Å². The van der Waals surface area contributed by atoms with Crippen molar-refractivity contribution in [2.24, 2.45) is 5.92 Å². The molecule has 0 bridgehead atoms. The van der Waals surface area contributed by atoms with E-state index in [0.717, 1.165) is 37.6 Å². The van der Waals surface area contributed by atoms with Crippen LogP contribution in [0.2, 0.25) is 0 Å². The average molecular weight is 367 g/mol. The summed E-state index contributed by atoms with van der Waals surface area (Å²) in [7, 11) is 0. The Balaban J connectivity index is 0.00000364. The van der Waals surface area contributed by atoms with E-state index < -0.39 is 0 Å². The Morgan fingerprint density at radius 3 is 2.65 bits per heavy atom. The SMILES string of the molecule is CCC(=O)C1CCN(c2cnc(NCCOCCOC(C)C)cn2)CC1.[HH]. The topological polar surface area (TPSA) is 76.6 Å². The lowest BCUT2D eigenvalue weighted by atomic mass is 9.91. The molecule has 1 aromatic heterocycles. The van der Waals surface area contributed by atoms with Crippen LogP contribution in [0.4, 0.5) is 11.6 Å². The molecule has 0 unspecified atom stereocenters. The largest absolute Gasteiger partial charge is 0.377 e. The van der Waals surface area contributed by atoms with Crippen molar-refractivity contribution in [2.45, 2.75) is 46.1 Å². The number of hydrogen-bond donors (Lipinski definition) is 1. The van der Waals surface area contributed by atoms with Crippen molar-refractivity contribution in [2.75, 3.05) is 49.7 Å². The van der Waals surface area contributed by atoms with Crippen LogP contribution in [-0.2, 0) is 14.3 Å². The van der Waals surface area contributed by atoms with Gasteiger partial charge in [-0.15, -0.1) is 0 Å². The maximum absolute atomic E-state index is 11.8. The third-order valence-corrected chi connectivity index (χ3v) is 4.49. The van der Waals surface area contributed by atoms with Crippen molar-refractivity contribution < 1.29 is 15.7 Å². The van der Waals surface area contributed by atoms with E-state index in [2.05, 4.69) is 20.2 Å². The first-order chi connectivity index (χ1) is 12.6. The smallest absolute Gasteiger partial charge is 0.147 e. The van der Waals surface area contributed by atoms with E-state index in [9.17, 15) is 4.79 Å². The zero-order valence-electron chi connectivity index (χ0n) is 16.2. The number of rotatable bonds is 11. The molecule has 7 nitrogen and oxygen atoms in total. The fourth-order valence-corrected chi connectivity index (χ4v) is 2.99. The summed E-state index contributed by atoms with van der Waals surface area (Å²) in [4.78, 5) is 22.9. The van der Waals surface area contributed by atoms with E-state index in [-0.39, 0.29) is 13.4 Å². The van der Waals surface area contributed by atoms with Gasteiger partial charge in [-0.05, 0) is 26.7 Å². The molecule has 1 fully saturated rings. The van der Waals surface area contributed by atoms with Gasteiger partial charge in [-0.1, -0.05) is 6.92 Å². The molecule has 0 atom stereocenters. The van der Waals surface area contributed by atoms with Gasteiger partial charge in [-0.2, -0.15) is 0 Å². The Labute approximate surface area is 158 Å². The minimum atomic E-state index is 0. The molecule has 0 amide bonds. The van der Waals surface area contributed by atoms with Gasteiger partial charge in [0.2, 0.25) is 0 Å². The van der Waals surface area contributed by atoms with Gasteiger partial charge in [0, 0.05) is 33.4 Å². The maximum Gasteiger partial charge on any atom is 0.147 e. The maximum atomic E-state index is 11.8. The lowest BCUT2D eigenvalue weighted by molar-refractivity contribution is -0.123. The minimum Gasteiger partial charge on any atom is -0.377 e. The third-order valence-electron chi connectivity index (χ3n) is 4.49. The zero-order valence-corrected chi connectivity index (χ0v) is 16.2. The molecule has 0 aromatic carbocycles. The molecule has 26 heavy (non-hydrogen) atoms. The number of piperidine rings is 1. The van der Waals surface area contributed by atoms with Crippen LogP contribution in [0.3, 0.4) is 0 Å². The molecule has 1 aromatic rings. The van der Waals surface area contributed by atoms with Crippen LogP contribution < -0.4 is 10.2 Å². The fourth-order valence-electron chi connectivity index (χ4n) is 2.99. The van der Waals surface area contributed by atoms with Crippen LogP contribution in [-0.4, -0.2) is 61.3 Å². The Hall–Kier alpha value is -1.73. The number of ketones is 1. The van der Waals surface area contributed by atoms with E-state index in [1.54, 1.807) is 12.4 Å². The van der Waals surface area contributed by atoms with Gasteiger partial charge < -0.3 is 19.7 Å². The molecule has 1 saturated heterocycles. The molecule has 1 N–H and O–H groups in total. The van der Waals surface area contributed by atoms with Gasteiger partial charge in [0.05, 0.1) is 38.3 Å². The summed E-state index contributed by atoms with van der Waals surface area (Å²) < 4.78 is 10.9. The first-order valence-electron chi connectivity index (χ1n) is 9.63. The molecular weight excluding hydrogens is 332 g/mol. The molecule has 2 rings (SSSR count). The quantitative estimate of drug-likeness (QED) is 0.603. The monoisotopic (exact) mass is 366 g/mol. The van der Waals surface area contributed by atoms with Crippen LogP contribution in [0.1, 0.15) is 41.5 Å². The highest BCUT2D eigenvalue weighted by molar-refractivity contribution is 5.80. The van der Waals surface area contributed by atoms with Crippen molar-refractivity contribution in [3.8, 4) is 0 Å². The number of carbonyl (C=O) groups is 1. The van der Waals surface area contributed by atoms with Crippen LogP contribution in [0.25, 0.3) is 0 Å². The summed E-state index contributed by atoms with van der Waals surface area (Å²) in [5.74, 6) is 2.22. The third kappa shape index (κ3) is 6.88. The molecule has 7 heteroatoms. The highest BCUT2D eigenvalue weighted by atomic mass is 16.5. The molecule has 1 aliphatic heterocycles. The molecule has 0 saturated carbocycles. The second-order valence-electron chi connectivity index (χ2n) is 6.80. The standard InChI is InChI=1S/C19H32N4O3.H2/c1-4-17(24)16-5-8-23(9-6-16)19-14-21-18(13-22-19)20-7-10-25-11-12-26-15(2)3;/h13-16H,4-12H2,1-3H3,(H,20,21);1H. The lowest BCUT2D eigenvalue weighted by Crippen LogP contribution is -2.36. The van der Waals surface area contributed by atoms with Crippen LogP contribution >= 0.6 is 0 Å². The average Bonchev–Trinajstić information content (AvgIpc) is 2.67. The van der Waals surface area contributed by atoms with E-state index in [0.29, 0.717) is 38.6 Å². The second-order valence-corrected chi connectivity index (χ2v) is 6.80. The minimum absolute atomic E-state index is 0. The van der Waals surface area contributed by atoms with Crippen molar-refractivity contribution in [3.05, 3.63) is 12.4 Å². The predicted molar refractivity (Wildman–Crippen MR) is 105 cm³/mol. The molecular formula is C19H34N4O3. The molecule has 0 aliphatic carbocycles. The number of hydrogen-bond acceptors (Lipinski definition) is 7. The molecule has 0 spiro atoms. The fraction of sp³-hybridized carbons (Fsp3) is 0.737. The number of nitrogens with zero attached hydrogens (tertiary/aromatic N) is 3. The summed E-state index contributed by atoms with van der Waals surface area (Å²) in [6.45, 7) is 10.2. The highest BCUT2D eigenvalue weighted by Crippen LogP contribution is 2.23. The van der Waals surface area contributed by atoms with E-state index in [1.807, 2.05) is 20.8 Å².